The zero-order valence-electron chi connectivity index (χ0n) is 42.2. The van der Waals surface area contributed by atoms with Gasteiger partial charge in [0.25, 0.3) is 0 Å². The maximum atomic E-state index is 13.9. The Hall–Kier alpha value is -1.74. The molecule has 1 radical (unpaired) electrons. The number of halogens is 1. The van der Waals surface area contributed by atoms with Crippen molar-refractivity contribution >= 4 is 29.9 Å². The van der Waals surface area contributed by atoms with E-state index in [9.17, 15) is 4.39 Å². The van der Waals surface area contributed by atoms with Crippen molar-refractivity contribution in [3.8, 4) is 5.75 Å². The molecule has 6 rings (SSSR count). The summed E-state index contributed by atoms with van der Waals surface area (Å²) in [4.78, 5) is 15.0. The van der Waals surface area contributed by atoms with Gasteiger partial charge in [-0.05, 0) is 0 Å². The molecule has 2 unspecified atom stereocenters. The van der Waals surface area contributed by atoms with Crippen molar-refractivity contribution in [2.75, 3.05) is 55.3 Å². The molecular formula is C51H77FN10OW3YZn-2. The number of hydrogen-bond donors (Lipinski definition) is 6. The molecular weight excluding hydrogens is 1490 g/mol. The topological polar surface area (TPSA) is 123 Å². The van der Waals surface area contributed by atoms with Gasteiger partial charge in [0, 0.05) is 52.2 Å². The number of benzene rings is 2. The molecule has 0 saturated carbocycles. The molecule has 0 spiro atoms. The fraction of sp³-hybridized carbons (Fsp3) is 0.373. The van der Waals surface area contributed by atoms with Crippen molar-refractivity contribution in [2.45, 2.75) is 81.3 Å². The van der Waals surface area contributed by atoms with Crippen molar-refractivity contribution in [1.29, 1.82) is 0 Å². The number of likely N-dealkylation sites (tertiary alicyclic amines) is 1. The van der Waals surface area contributed by atoms with Crippen LogP contribution in [0.4, 0.5) is 21.8 Å². The number of hydrogen-bond acceptors (Lipinski definition) is 11. The zero-order chi connectivity index (χ0) is 48.3. The third-order valence-corrected chi connectivity index (χ3v) is 10.7. The van der Waals surface area contributed by atoms with Gasteiger partial charge < -0.3 is 7.43 Å². The number of piperidine rings is 1. The van der Waals surface area contributed by atoms with E-state index in [0.29, 0.717) is 12.2 Å². The molecule has 0 amide bonds. The van der Waals surface area contributed by atoms with E-state index in [-0.39, 0.29) is 66.2 Å². The average Bonchev–Trinajstić information content (AvgIpc) is 3.36. The molecule has 1 fully saturated rings. The molecule has 3 aromatic heterocycles. The number of anilines is 3. The first-order valence-corrected chi connectivity index (χ1v) is 27.1. The van der Waals surface area contributed by atoms with Crippen molar-refractivity contribution in [3.05, 3.63) is 153 Å². The number of nitrogens with zero attached hydrogens (tertiary/aromatic N) is 4. The first kappa shape index (κ1) is 72.8. The van der Waals surface area contributed by atoms with E-state index in [1.807, 2.05) is 159 Å². The first-order chi connectivity index (χ1) is 31.8. The number of rotatable bonds is 19. The van der Waals surface area contributed by atoms with Gasteiger partial charge in [-0.25, -0.2) is 0 Å². The molecule has 1 saturated heterocycles. The van der Waals surface area contributed by atoms with Crippen LogP contribution in [0.3, 0.4) is 0 Å². The fourth-order valence-corrected chi connectivity index (χ4v) is 7.37. The predicted molar refractivity (Wildman–Crippen MR) is 271 cm³/mol. The SMILES string of the molecule is CC.CC.CC.CC.CC1CC[CH-]N(CCN[C](=[W])Nc2ccccn2)C1.FC(CN[C](=[W])Nc1ccccn1)c1ccccc1.[CH3-].[W]=[C](NCCOc1ccccc1)Nc1ccccn1.[Y].[Zn]. The Morgan fingerprint density at radius 1 is 0.647 bits per heavy atom. The van der Waals surface area contributed by atoms with Crippen LogP contribution in [0.15, 0.2) is 134 Å². The van der Waals surface area contributed by atoms with Gasteiger partial charge >= 0.3 is 372 Å². The Kier molecular flexibility index (Phi) is 55.3. The Morgan fingerprint density at radius 2 is 1.06 bits per heavy atom. The standard InChI is InChI=1S/C14H14FN3.C14H21N4.C14H15N3O.4C2H6.CH3.3W.Y.Zn/c15-13(12-6-2-1-3-7-12)10-16-11-18-14-8-4-5-9-17-14;1-13-5-4-9-18(11-13)10-8-15-12-17-14-6-2-3-7-16-14;1-2-6-13(7-3-1)18-11-10-15-12-17-14-8-4-5-9-16-14;4*1-2;;;;;;/h1-9,13,16H,10H2,(H,17,18);2-3,6-7,9,13,15H,4-5,8,10-11H2,1H3,(H,16,17);1-9,15H,10-11H2,(H,16,17);4*1-2H3;1H3;;;;;/q;-1;;;;;;-1;;;;;. The van der Waals surface area contributed by atoms with Crippen LogP contribution in [-0.2, 0) is 110 Å². The molecule has 17 heteroatoms. The molecule has 0 aliphatic carbocycles. The van der Waals surface area contributed by atoms with E-state index >= 15 is 0 Å². The maximum absolute atomic E-state index is 13.9. The van der Waals surface area contributed by atoms with Gasteiger partial charge in [-0.1, -0.05) is 55.4 Å². The van der Waals surface area contributed by atoms with E-state index < -0.39 is 6.17 Å². The Balaban J connectivity index is -0.000000411. The summed E-state index contributed by atoms with van der Waals surface area (Å²) in [5.41, 5.74) is 0.690. The average molecular weight is 1570 g/mol. The molecule has 369 valence electrons. The molecule has 0 bridgehead atoms. The second-order valence-corrected chi connectivity index (χ2v) is 17.0. The largest absolute Gasteiger partial charge is 0 e. The van der Waals surface area contributed by atoms with Crippen molar-refractivity contribution in [3.63, 3.8) is 0 Å². The second kappa shape index (κ2) is 51.6. The zero-order valence-corrected chi connectivity index (χ0v) is 56.8. The molecule has 2 aromatic carbocycles. The number of para-hydroxylation sites is 1. The van der Waals surface area contributed by atoms with Gasteiger partial charge in [0.2, 0.25) is 0 Å². The smallest absolute Gasteiger partial charge is 0 e. The van der Waals surface area contributed by atoms with E-state index in [1.54, 1.807) is 30.7 Å². The van der Waals surface area contributed by atoms with Crippen LogP contribution in [0.1, 0.15) is 86.9 Å². The molecule has 4 heterocycles. The minimum Gasteiger partial charge on any atom is 0 e. The number of ether oxygens (including phenoxy) is 1. The molecule has 1 aliphatic heterocycles. The summed E-state index contributed by atoms with van der Waals surface area (Å²) in [5, 5.41) is 19.4. The first-order valence-electron chi connectivity index (χ1n) is 22.7. The van der Waals surface area contributed by atoms with Crippen LogP contribution in [0.25, 0.3) is 0 Å². The molecule has 11 nitrogen and oxygen atoms in total. The third kappa shape index (κ3) is 38.0. The summed E-state index contributed by atoms with van der Waals surface area (Å²) in [6.07, 6.45) is 6.83. The summed E-state index contributed by atoms with van der Waals surface area (Å²) >= 11 is 3.94. The van der Waals surface area contributed by atoms with Gasteiger partial charge in [0.1, 0.15) is 0 Å². The Bertz CT molecular complexity index is 1870. The molecule has 1 aliphatic rings. The number of pyridine rings is 3. The monoisotopic (exact) mass is 1570 g/mol. The summed E-state index contributed by atoms with van der Waals surface area (Å²) in [5.74, 6) is 4.23. The fourth-order valence-electron chi connectivity index (χ4n) is 5.21. The van der Waals surface area contributed by atoms with Gasteiger partial charge in [-0.2, -0.15) is 0 Å². The van der Waals surface area contributed by atoms with Crippen LogP contribution in [0.5, 0.6) is 5.75 Å². The summed E-state index contributed by atoms with van der Waals surface area (Å²) in [6, 6.07) is 36.3. The summed E-state index contributed by atoms with van der Waals surface area (Å²) in [7, 11) is 0. The number of aromatic nitrogens is 3. The van der Waals surface area contributed by atoms with E-state index in [4.69, 9.17) is 4.74 Å². The van der Waals surface area contributed by atoms with E-state index in [0.717, 1.165) is 61.2 Å². The van der Waals surface area contributed by atoms with Crippen LogP contribution in [-0.4, -0.2) is 71.6 Å². The van der Waals surface area contributed by atoms with Gasteiger partial charge in [-0.3, -0.25) is 0 Å². The number of alkyl halides is 1. The summed E-state index contributed by atoms with van der Waals surface area (Å²) in [6.45, 7) is 25.6. The van der Waals surface area contributed by atoms with E-state index in [1.165, 1.54) is 77.4 Å². The van der Waals surface area contributed by atoms with Crippen LogP contribution >= 0.6 is 0 Å². The van der Waals surface area contributed by atoms with E-state index in [2.05, 4.69) is 65.2 Å². The maximum Gasteiger partial charge on any atom is 0 e. The third-order valence-electron chi connectivity index (χ3n) is 8.00. The van der Waals surface area contributed by atoms with Gasteiger partial charge in [0.15, 0.2) is 0 Å². The second-order valence-electron chi connectivity index (χ2n) is 12.6. The Morgan fingerprint density at radius 3 is 1.49 bits per heavy atom. The minimum atomic E-state index is -1.01. The van der Waals surface area contributed by atoms with Crippen LogP contribution < -0.4 is 36.6 Å². The predicted octanol–water partition coefficient (Wildman–Crippen LogP) is 10.4. The van der Waals surface area contributed by atoms with Crippen LogP contribution in [0, 0.1) is 19.9 Å². The normalized spacial score (nSPS) is 12.1. The Labute approximate surface area is 481 Å². The van der Waals surface area contributed by atoms with Gasteiger partial charge in [0.05, 0.1) is 0 Å². The molecule has 6 N–H and O–H groups in total. The van der Waals surface area contributed by atoms with Crippen molar-refractivity contribution in [1.82, 2.24) is 35.8 Å². The van der Waals surface area contributed by atoms with Crippen LogP contribution in [0.2, 0.25) is 0 Å². The van der Waals surface area contributed by atoms with Crippen molar-refractivity contribution in [2.24, 2.45) is 5.92 Å². The van der Waals surface area contributed by atoms with Crippen molar-refractivity contribution < 1.29 is 119 Å². The van der Waals surface area contributed by atoms with Gasteiger partial charge in [-0.15, -0.1) is 0 Å². The minimum absolute atomic E-state index is 0. The molecule has 68 heavy (non-hydrogen) atoms. The number of nitrogens with one attached hydrogen (secondary N) is 6. The quantitative estimate of drug-likeness (QED) is 0.0269. The molecule has 5 aromatic rings. The molecule has 2 atom stereocenters. The summed E-state index contributed by atoms with van der Waals surface area (Å²) < 4.78 is 22.5.